The Hall–Kier alpha value is 0.782. The maximum atomic E-state index is 5.53. The van der Waals surface area contributed by atoms with Gasteiger partial charge in [-0.1, -0.05) is 0 Å². The van der Waals surface area contributed by atoms with Crippen molar-refractivity contribution in [2.75, 3.05) is 6.61 Å². The first-order valence-electron chi connectivity index (χ1n) is 6.85. The fourth-order valence-electron chi connectivity index (χ4n) is 1.65. The monoisotopic (exact) mass is 262 g/mol. The summed E-state index contributed by atoms with van der Waals surface area (Å²) in [5.41, 5.74) is 0. The molecule has 0 amide bonds. The molecule has 0 saturated heterocycles. The molecule has 96 valence electrons. The molecule has 16 heavy (non-hydrogen) atoms. The molecule has 3 heteroatoms. The standard InChI is InChI=1S/C10H21.C3H7O.Al.ClH/c1-3-5-7-9-10-8-6-4-2;1-2-3-4;;/h1,3-10H2,2H3;2-3H2,1H3;;1H/q;-1;+2;/p-1. The summed E-state index contributed by atoms with van der Waals surface area (Å²) in [6, 6.07) is 0. The molecule has 0 aliphatic rings. The van der Waals surface area contributed by atoms with Crippen LogP contribution in [0.5, 0.6) is 0 Å². The predicted octanol–water partition coefficient (Wildman–Crippen LogP) is 1.60. The summed E-state index contributed by atoms with van der Waals surface area (Å²) in [5.74, 6) is 0. The average molecular weight is 263 g/mol. The molecule has 0 spiro atoms. The van der Waals surface area contributed by atoms with E-state index in [4.69, 9.17) is 3.79 Å². The van der Waals surface area contributed by atoms with Gasteiger partial charge in [0.25, 0.3) is 0 Å². The van der Waals surface area contributed by atoms with Crippen LogP contribution in [-0.4, -0.2) is 22.2 Å². The van der Waals surface area contributed by atoms with Crippen LogP contribution in [0.1, 0.15) is 71.6 Å². The van der Waals surface area contributed by atoms with E-state index in [1.807, 2.05) is 0 Å². The molecule has 0 aromatic carbocycles. The third-order valence-corrected chi connectivity index (χ3v) is 3.73. The molecular weight excluding hydrogens is 235 g/mol. The third-order valence-electron chi connectivity index (χ3n) is 2.62. The summed E-state index contributed by atoms with van der Waals surface area (Å²) in [6.07, 6.45) is 12.6. The minimum absolute atomic E-state index is 0. The van der Waals surface area contributed by atoms with Crippen LogP contribution in [0.3, 0.4) is 0 Å². The van der Waals surface area contributed by atoms with Gasteiger partial charge in [-0.3, -0.25) is 0 Å². The SMILES string of the molecule is CCCCCCCCC[CH2][Al+][O]CCC.[Cl-]. The van der Waals surface area contributed by atoms with Gasteiger partial charge in [-0.25, -0.2) is 0 Å². The number of unbranched alkanes of at least 4 members (excludes halogenated alkanes) is 7. The van der Waals surface area contributed by atoms with Crippen LogP contribution < -0.4 is 12.4 Å². The Morgan fingerprint density at radius 2 is 1.31 bits per heavy atom. The van der Waals surface area contributed by atoms with Crippen LogP contribution in [0.2, 0.25) is 5.28 Å². The van der Waals surface area contributed by atoms with Gasteiger partial charge in [0.2, 0.25) is 0 Å². The summed E-state index contributed by atoms with van der Waals surface area (Å²) in [6.45, 7) is 5.43. The van der Waals surface area contributed by atoms with Gasteiger partial charge in [-0.15, -0.1) is 0 Å². The molecule has 0 bridgehead atoms. The van der Waals surface area contributed by atoms with E-state index in [1.54, 1.807) is 0 Å². The van der Waals surface area contributed by atoms with E-state index in [-0.39, 0.29) is 12.4 Å². The second kappa shape index (κ2) is 18.2. The molecule has 0 N–H and O–H groups in total. The molecule has 0 fully saturated rings. The minimum Gasteiger partial charge on any atom is -1.00 e. The van der Waals surface area contributed by atoms with Crippen molar-refractivity contribution in [2.24, 2.45) is 0 Å². The van der Waals surface area contributed by atoms with Crippen LogP contribution in [0.25, 0.3) is 0 Å². The van der Waals surface area contributed by atoms with Crippen molar-refractivity contribution >= 4 is 15.6 Å². The fraction of sp³-hybridized carbons (Fsp3) is 1.00. The smallest absolute Gasteiger partial charge is 1.00 e. The molecule has 0 aromatic heterocycles. The van der Waals surface area contributed by atoms with Crippen LogP contribution in [0.4, 0.5) is 0 Å². The van der Waals surface area contributed by atoms with E-state index in [1.165, 1.54) is 63.1 Å². The summed E-state index contributed by atoms with van der Waals surface area (Å²) in [7, 11) is 0. The van der Waals surface area contributed by atoms with Gasteiger partial charge < -0.3 is 12.4 Å². The van der Waals surface area contributed by atoms with Gasteiger partial charge in [0, 0.05) is 0 Å². The van der Waals surface area contributed by atoms with Crippen molar-refractivity contribution in [2.45, 2.75) is 76.9 Å². The average Bonchev–Trinajstić information content (AvgIpc) is 2.26. The van der Waals surface area contributed by atoms with E-state index >= 15 is 0 Å². The molecule has 1 nitrogen and oxygen atoms in total. The zero-order valence-corrected chi connectivity index (χ0v) is 13.1. The third kappa shape index (κ3) is 17.2. The zero-order valence-electron chi connectivity index (χ0n) is 11.1. The first kappa shape index (κ1) is 19.1. The molecule has 0 aliphatic heterocycles. The summed E-state index contributed by atoms with van der Waals surface area (Å²) >= 11 is 0.302. The quantitative estimate of drug-likeness (QED) is 0.383. The first-order chi connectivity index (χ1) is 7.41. The Labute approximate surface area is 115 Å². The van der Waals surface area contributed by atoms with Gasteiger partial charge >= 0.3 is 103 Å². The summed E-state index contributed by atoms with van der Waals surface area (Å²) < 4.78 is 5.53. The van der Waals surface area contributed by atoms with Gasteiger partial charge in [0.15, 0.2) is 0 Å². The maximum absolute atomic E-state index is 5.53. The largest absolute Gasteiger partial charge is 1.00 e. The van der Waals surface area contributed by atoms with E-state index in [0.717, 1.165) is 6.61 Å². The molecule has 0 radical (unpaired) electrons. The minimum atomic E-state index is 0. The van der Waals surface area contributed by atoms with E-state index in [9.17, 15) is 0 Å². The summed E-state index contributed by atoms with van der Waals surface area (Å²) in [5, 5.41) is 1.34. The fourth-order valence-corrected chi connectivity index (χ4v) is 2.67. The number of hydrogen-bond donors (Lipinski definition) is 0. The van der Waals surface area contributed by atoms with E-state index in [0.29, 0.717) is 15.6 Å². The Bertz CT molecular complexity index is 100. The molecule has 0 rings (SSSR count). The number of halogens is 1. The van der Waals surface area contributed by atoms with E-state index in [2.05, 4.69) is 13.8 Å². The molecule has 0 atom stereocenters. The Morgan fingerprint density at radius 3 is 1.88 bits per heavy atom. The van der Waals surface area contributed by atoms with Gasteiger partial charge in [-0.2, -0.15) is 0 Å². The molecular formula is C13H28AlClO. The van der Waals surface area contributed by atoms with Crippen molar-refractivity contribution in [3.63, 3.8) is 0 Å². The Kier molecular flexibility index (Phi) is 21.7. The van der Waals surface area contributed by atoms with Gasteiger partial charge in [0.1, 0.15) is 0 Å². The normalized spacial score (nSPS) is 9.62. The van der Waals surface area contributed by atoms with Gasteiger partial charge in [0.05, 0.1) is 0 Å². The predicted molar refractivity (Wildman–Crippen MR) is 69.4 cm³/mol. The van der Waals surface area contributed by atoms with Crippen LogP contribution in [0, 0.1) is 0 Å². The van der Waals surface area contributed by atoms with Crippen molar-refractivity contribution < 1.29 is 16.2 Å². The van der Waals surface area contributed by atoms with Crippen LogP contribution >= 0.6 is 0 Å². The Balaban J connectivity index is 0. The topological polar surface area (TPSA) is 9.23 Å². The second-order valence-corrected chi connectivity index (χ2v) is 5.55. The van der Waals surface area contributed by atoms with Crippen molar-refractivity contribution in [3.05, 3.63) is 0 Å². The van der Waals surface area contributed by atoms with Crippen molar-refractivity contribution in [1.29, 1.82) is 0 Å². The molecule has 0 saturated carbocycles. The molecule has 0 aromatic rings. The van der Waals surface area contributed by atoms with Gasteiger partial charge in [-0.05, 0) is 0 Å². The van der Waals surface area contributed by atoms with Crippen molar-refractivity contribution in [1.82, 2.24) is 0 Å². The maximum Gasteiger partial charge on any atom is -1.00 e. The number of hydrogen-bond acceptors (Lipinski definition) is 1. The summed E-state index contributed by atoms with van der Waals surface area (Å²) in [4.78, 5) is 0. The number of rotatable bonds is 12. The second-order valence-electron chi connectivity index (χ2n) is 4.30. The Morgan fingerprint density at radius 1 is 0.750 bits per heavy atom. The zero-order chi connectivity index (χ0) is 11.2. The molecule has 0 aliphatic carbocycles. The van der Waals surface area contributed by atoms with Crippen LogP contribution in [0.15, 0.2) is 0 Å². The first-order valence-corrected chi connectivity index (χ1v) is 8.13. The van der Waals surface area contributed by atoms with E-state index < -0.39 is 0 Å². The molecule has 0 heterocycles. The molecule has 0 unspecified atom stereocenters. The van der Waals surface area contributed by atoms with Crippen molar-refractivity contribution in [3.8, 4) is 0 Å². The van der Waals surface area contributed by atoms with Crippen LogP contribution in [-0.2, 0) is 3.79 Å².